The maximum Gasteiger partial charge on any atom is 0.276 e. The van der Waals surface area contributed by atoms with Gasteiger partial charge in [0.05, 0.1) is 18.4 Å². The number of benzene rings is 1. The van der Waals surface area contributed by atoms with Crippen molar-refractivity contribution in [2.45, 2.75) is 32.2 Å². The van der Waals surface area contributed by atoms with Gasteiger partial charge in [0.1, 0.15) is 0 Å². The van der Waals surface area contributed by atoms with E-state index in [0.29, 0.717) is 29.3 Å². The summed E-state index contributed by atoms with van der Waals surface area (Å²) in [5.41, 5.74) is 4.98. The smallest absolute Gasteiger partial charge is 0.276 e. The lowest BCUT2D eigenvalue weighted by Crippen LogP contribution is -2.14. The largest absolute Gasteiger partial charge is 0.318 e. The highest BCUT2D eigenvalue weighted by Crippen LogP contribution is 2.66. The summed E-state index contributed by atoms with van der Waals surface area (Å²) in [6, 6.07) is 10.1. The van der Waals surface area contributed by atoms with E-state index in [-0.39, 0.29) is 5.91 Å². The second-order valence-electron chi connectivity index (χ2n) is 7.42. The van der Waals surface area contributed by atoms with Crippen LogP contribution in [0.1, 0.15) is 46.6 Å². The highest BCUT2D eigenvalue weighted by molar-refractivity contribution is 6.04. The zero-order valence-electron chi connectivity index (χ0n) is 14.0. The van der Waals surface area contributed by atoms with Crippen molar-refractivity contribution in [1.29, 1.82) is 0 Å². The predicted octanol–water partition coefficient (Wildman–Crippen LogP) is 2.96. The Morgan fingerprint density at radius 1 is 1.40 bits per heavy atom. The van der Waals surface area contributed by atoms with Gasteiger partial charge in [-0.3, -0.25) is 14.6 Å². The molecule has 0 aliphatic heterocycles. The van der Waals surface area contributed by atoms with Crippen LogP contribution >= 0.6 is 0 Å². The van der Waals surface area contributed by atoms with E-state index in [0.717, 1.165) is 17.7 Å². The Morgan fingerprint density at radius 3 is 3.08 bits per heavy atom. The summed E-state index contributed by atoms with van der Waals surface area (Å²) in [7, 11) is 0. The summed E-state index contributed by atoms with van der Waals surface area (Å²) in [5, 5.41) is 14.6. The molecule has 6 nitrogen and oxygen atoms in total. The number of rotatable bonds is 4. The molecule has 2 aliphatic rings. The fourth-order valence-electron chi connectivity index (χ4n) is 3.97. The summed E-state index contributed by atoms with van der Waals surface area (Å²) in [6.07, 6.45) is 5.66. The summed E-state index contributed by atoms with van der Waals surface area (Å²) in [5.74, 6) is 0.395. The van der Waals surface area contributed by atoms with Crippen molar-refractivity contribution in [2.24, 2.45) is 5.41 Å². The van der Waals surface area contributed by atoms with Crippen LogP contribution in [0.4, 0.5) is 5.69 Å². The van der Waals surface area contributed by atoms with Gasteiger partial charge in [-0.2, -0.15) is 10.2 Å². The molecule has 1 aromatic carbocycles. The third kappa shape index (κ3) is 2.36. The van der Waals surface area contributed by atoms with Crippen LogP contribution in [0.25, 0.3) is 0 Å². The molecule has 0 saturated heterocycles. The SMILES string of the molecule is CC12Cc3c(C(=O)Nc4cnn(Cc5ccccc5)c4)n[nH]c3C1C2. The molecule has 2 N–H and O–H groups in total. The molecule has 1 saturated carbocycles. The van der Waals surface area contributed by atoms with Gasteiger partial charge in [-0.25, -0.2) is 0 Å². The molecule has 6 heteroatoms. The number of H-pyrrole nitrogens is 1. The fourth-order valence-corrected chi connectivity index (χ4v) is 3.97. The van der Waals surface area contributed by atoms with E-state index in [2.05, 4.69) is 39.7 Å². The van der Waals surface area contributed by atoms with Crippen LogP contribution in [0.2, 0.25) is 0 Å². The van der Waals surface area contributed by atoms with E-state index in [1.807, 2.05) is 29.1 Å². The summed E-state index contributed by atoms with van der Waals surface area (Å²) < 4.78 is 1.82. The Kier molecular flexibility index (Phi) is 2.92. The van der Waals surface area contributed by atoms with Crippen LogP contribution < -0.4 is 5.32 Å². The van der Waals surface area contributed by atoms with Gasteiger partial charge in [-0.1, -0.05) is 37.3 Å². The minimum Gasteiger partial charge on any atom is -0.318 e. The van der Waals surface area contributed by atoms with Crippen molar-refractivity contribution >= 4 is 11.6 Å². The molecular weight excluding hydrogens is 314 g/mol. The van der Waals surface area contributed by atoms with E-state index >= 15 is 0 Å². The normalized spacial score (nSPS) is 23.2. The zero-order chi connectivity index (χ0) is 17.0. The number of amides is 1. The van der Waals surface area contributed by atoms with Gasteiger partial charge >= 0.3 is 0 Å². The molecule has 2 unspecified atom stereocenters. The first-order valence-corrected chi connectivity index (χ1v) is 8.57. The second-order valence-corrected chi connectivity index (χ2v) is 7.42. The lowest BCUT2D eigenvalue weighted by molar-refractivity contribution is 0.102. The first-order chi connectivity index (χ1) is 12.1. The van der Waals surface area contributed by atoms with E-state index < -0.39 is 0 Å². The minimum absolute atomic E-state index is 0.165. The molecule has 2 aromatic heterocycles. The first kappa shape index (κ1) is 14.5. The zero-order valence-corrected chi connectivity index (χ0v) is 14.0. The van der Waals surface area contributed by atoms with Crippen molar-refractivity contribution < 1.29 is 4.79 Å². The third-order valence-electron chi connectivity index (χ3n) is 5.47. The Morgan fingerprint density at radius 2 is 2.24 bits per heavy atom. The fraction of sp³-hybridized carbons (Fsp3) is 0.316. The number of hydrogen-bond acceptors (Lipinski definition) is 3. The van der Waals surface area contributed by atoms with E-state index in [4.69, 9.17) is 0 Å². The standard InChI is InChI=1S/C19H19N5O/c1-19-7-14-16(15(19)8-19)22-23-17(14)18(25)21-13-9-20-24(11-13)10-12-5-3-2-4-6-12/h2-6,9,11,15H,7-8,10H2,1H3,(H,21,25)(H,22,23). The molecule has 0 bridgehead atoms. The monoisotopic (exact) mass is 333 g/mol. The van der Waals surface area contributed by atoms with Gasteiger partial charge in [0.25, 0.3) is 5.91 Å². The number of nitrogens with zero attached hydrogens (tertiary/aromatic N) is 3. The summed E-state index contributed by atoms with van der Waals surface area (Å²) in [6.45, 7) is 2.95. The van der Waals surface area contributed by atoms with Gasteiger partial charge < -0.3 is 5.32 Å². The Hall–Kier alpha value is -2.89. The van der Waals surface area contributed by atoms with Crippen LogP contribution in [0.5, 0.6) is 0 Å². The Labute approximate surface area is 145 Å². The van der Waals surface area contributed by atoms with Crippen LogP contribution in [-0.4, -0.2) is 25.9 Å². The molecule has 3 aromatic rings. The average molecular weight is 333 g/mol. The minimum atomic E-state index is -0.165. The van der Waals surface area contributed by atoms with Crippen molar-refractivity contribution in [1.82, 2.24) is 20.0 Å². The molecule has 25 heavy (non-hydrogen) atoms. The number of anilines is 1. The third-order valence-corrected chi connectivity index (χ3v) is 5.47. The number of nitrogens with one attached hydrogen (secondary N) is 2. The van der Waals surface area contributed by atoms with Gasteiger partial charge in [0.15, 0.2) is 5.69 Å². The van der Waals surface area contributed by atoms with Crippen molar-refractivity contribution in [3.05, 3.63) is 65.2 Å². The van der Waals surface area contributed by atoms with Gasteiger partial charge in [0.2, 0.25) is 0 Å². The van der Waals surface area contributed by atoms with E-state index in [1.54, 1.807) is 6.20 Å². The molecule has 2 atom stereocenters. The van der Waals surface area contributed by atoms with Crippen LogP contribution in [0, 0.1) is 5.41 Å². The Balaban J connectivity index is 1.30. The van der Waals surface area contributed by atoms with E-state index in [1.165, 1.54) is 12.0 Å². The van der Waals surface area contributed by atoms with Gasteiger partial charge in [-0.15, -0.1) is 0 Å². The average Bonchev–Trinajstić information content (AvgIpc) is 2.96. The second kappa shape index (κ2) is 5.05. The van der Waals surface area contributed by atoms with Gasteiger partial charge in [-0.05, 0) is 23.8 Å². The quantitative estimate of drug-likeness (QED) is 0.771. The highest BCUT2D eigenvalue weighted by Gasteiger charge is 2.58. The molecule has 0 spiro atoms. The summed E-state index contributed by atoms with van der Waals surface area (Å²) in [4.78, 5) is 12.6. The number of fused-ring (bicyclic) bond motifs is 3. The maximum absolute atomic E-state index is 12.6. The van der Waals surface area contributed by atoms with Crippen molar-refractivity contribution in [3.8, 4) is 0 Å². The van der Waals surface area contributed by atoms with Crippen molar-refractivity contribution in [3.63, 3.8) is 0 Å². The lowest BCUT2D eigenvalue weighted by atomic mass is 10.0. The van der Waals surface area contributed by atoms with Crippen LogP contribution in [-0.2, 0) is 13.0 Å². The number of aromatic nitrogens is 4. The summed E-state index contributed by atoms with van der Waals surface area (Å²) >= 11 is 0. The molecule has 1 fully saturated rings. The number of carbonyl (C=O) groups excluding carboxylic acids is 1. The first-order valence-electron chi connectivity index (χ1n) is 8.57. The van der Waals surface area contributed by atoms with E-state index in [9.17, 15) is 4.79 Å². The Bertz CT molecular complexity index is 957. The van der Waals surface area contributed by atoms with Crippen molar-refractivity contribution in [2.75, 3.05) is 5.32 Å². The molecule has 0 radical (unpaired) electrons. The number of hydrogen-bond donors (Lipinski definition) is 2. The number of aromatic amines is 1. The predicted molar refractivity (Wildman–Crippen MR) is 93.5 cm³/mol. The lowest BCUT2D eigenvalue weighted by Gasteiger charge is -2.05. The highest BCUT2D eigenvalue weighted by atomic mass is 16.2. The number of carbonyl (C=O) groups is 1. The van der Waals surface area contributed by atoms with Crippen LogP contribution in [0.15, 0.2) is 42.7 Å². The molecule has 2 heterocycles. The molecule has 126 valence electrons. The molecule has 2 aliphatic carbocycles. The maximum atomic E-state index is 12.6. The topological polar surface area (TPSA) is 75.6 Å². The van der Waals surface area contributed by atoms with Gasteiger partial charge in [0, 0.05) is 23.4 Å². The molecule has 1 amide bonds. The molecular formula is C19H19N5O. The van der Waals surface area contributed by atoms with Crippen LogP contribution in [0.3, 0.4) is 0 Å². The molecule has 5 rings (SSSR count).